The van der Waals surface area contributed by atoms with Crippen LogP contribution in [0.2, 0.25) is 5.02 Å². The van der Waals surface area contributed by atoms with Gasteiger partial charge in [0.15, 0.2) is 5.02 Å². The average molecular weight is 316 g/mol. The molecule has 0 aliphatic carbocycles. The Morgan fingerprint density at radius 2 is 2.24 bits per heavy atom. The molecule has 17 heavy (non-hydrogen) atoms. The van der Waals surface area contributed by atoms with Crippen LogP contribution in [0, 0.1) is 6.92 Å². The molecular formula is C11H8BrClN2O2. The van der Waals surface area contributed by atoms with E-state index in [1.54, 1.807) is 6.07 Å². The first-order chi connectivity index (χ1) is 8.08. The molecule has 1 N–H and O–H groups in total. The van der Waals surface area contributed by atoms with Crippen LogP contribution in [0.15, 0.2) is 33.8 Å². The molecule has 0 aliphatic heterocycles. The first-order valence-corrected chi connectivity index (χ1v) is 5.92. The number of aromatic amines is 1. The monoisotopic (exact) mass is 314 g/mol. The molecule has 0 saturated carbocycles. The molecule has 0 amide bonds. The highest BCUT2D eigenvalue weighted by molar-refractivity contribution is 9.10. The van der Waals surface area contributed by atoms with Gasteiger partial charge in [0.05, 0.1) is 6.33 Å². The molecule has 4 nitrogen and oxygen atoms in total. The molecule has 0 bridgehead atoms. The van der Waals surface area contributed by atoms with Gasteiger partial charge in [0.25, 0.3) is 5.56 Å². The van der Waals surface area contributed by atoms with E-state index in [4.69, 9.17) is 16.3 Å². The zero-order valence-electron chi connectivity index (χ0n) is 8.83. The Bertz CT molecular complexity index is 613. The largest absolute Gasteiger partial charge is 0.437 e. The highest BCUT2D eigenvalue weighted by atomic mass is 79.9. The van der Waals surface area contributed by atoms with E-state index in [2.05, 4.69) is 25.9 Å². The minimum Gasteiger partial charge on any atom is -0.437 e. The van der Waals surface area contributed by atoms with Crippen LogP contribution in [0.3, 0.4) is 0 Å². The topological polar surface area (TPSA) is 55.0 Å². The van der Waals surface area contributed by atoms with E-state index in [0.717, 1.165) is 10.0 Å². The van der Waals surface area contributed by atoms with Crippen LogP contribution in [-0.4, -0.2) is 9.97 Å². The molecule has 0 unspecified atom stereocenters. The third kappa shape index (κ3) is 2.68. The number of H-pyrrole nitrogens is 1. The molecule has 0 saturated heterocycles. The van der Waals surface area contributed by atoms with Crippen LogP contribution in [-0.2, 0) is 0 Å². The van der Waals surface area contributed by atoms with Crippen molar-refractivity contribution in [3.63, 3.8) is 0 Å². The molecule has 2 rings (SSSR count). The van der Waals surface area contributed by atoms with Gasteiger partial charge in [-0.1, -0.05) is 33.6 Å². The lowest BCUT2D eigenvalue weighted by Gasteiger charge is -2.08. The Balaban J connectivity index is 2.41. The molecule has 0 atom stereocenters. The van der Waals surface area contributed by atoms with Crippen molar-refractivity contribution < 1.29 is 4.74 Å². The summed E-state index contributed by atoms with van der Waals surface area (Å²) in [4.78, 5) is 17.5. The van der Waals surface area contributed by atoms with Crippen molar-refractivity contribution in [3.8, 4) is 11.6 Å². The molecule has 88 valence electrons. The number of ether oxygens (including phenoxy) is 1. The van der Waals surface area contributed by atoms with Crippen molar-refractivity contribution >= 4 is 27.5 Å². The minimum absolute atomic E-state index is 0.0631. The number of rotatable bonds is 2. The summed E-state index contributed by atoms with van der Waals surface area (Å²) in [6.45, 7) is 1.89. The van der Waals surface area contributed by atoms with E-state index >= 15 is 0 Å². The van der Waals surface area contributed by atoms with Crippen molar-refractivity contribution in [1.82, 2.24) is 9.97 Å². The van der Waals surface area contributed by atoms with E-state index < -0.39 is 5.56 Å². The molecule has 0 fully saturated rings. The Hall–Kier alpha value is -1.33. The summed E-state index contributed by atoms with van der Waals surface area (Å²) < 4.78 is 6.38. The SMILES string of the molecule is Cc1ccc(Br)cc1Oc1nc[nH]c(=O)c1Cl. The number of aromatic nitrogens is 2. The number of hydrogen-bond donors (Lipinski definition) is 1. The molecule has 1 heterocycles. The number of hydrogen-bond acceptors (Lipinski definition) is 3. The van der Waals surface area contributed by atoms with Gasteiger partial charge in [-0.05, 0) is 24.6 Å². The van der Waals surface area contributed by atoms with Crippen LogP contribution >= 0.6 is 27.5 Å². The van der Waals surface area contributed by atoms with Gasteiger partial charge in [-0.2, -0.15) is 0 Å². The van der Waals surface area contributed by atoms with E-state index in [1.807, 2.05) is 19.1 Å². The van der Waals surface area contributed by atoms with Crippen molar-refractivity contribution in [3.05, 3.63) is 49.9 Å². The normalized spacial score (nSPS) is 10.3. The summed E-state index contributed by atoms with van der Waals surface area (Å²) in [6, 6.07) is 5.57. The zero-order chi connectivity index (χ0) is 12.4. The second kappa shape index (κ2) is 4.89. The number of benzene rings is 1. The Kier molecular flexibility index (Phi) is 3.49. The van der Waals surface area contributed by atoms with Crippen molar-refractivity contribution in [2.45, 2.75) is 6.92 Å². The fourth-order valence-electron chi connectivity index (χ4n) is 1.23. The maximum atomic E-state index is 11.3. The molecule has 6 heteroatoms. The molecule has 0 aliphatic rings. The number of nitrogens with one attached hydrogen (secondary N) is 1. The number of halogens is 2. The first-order valence-electron chi connectivity index (χ1n) is 4.75. The fraction of sp³-hybridized carbons (Fsp3) is 0.0909. The molecule has 1 aromatic carbocycles. The maximum absolute atomic E-state index is 11.3. The summed E-state index contributed by atoms with van der Waals surface area (Å²) in [7, 11) is 0. The summed E-state index contributed by atoms with van der Waals surface area (Å²) in [6.07, 6.45) is 1.25. The van der Waals surface area contributed by atoms with Gasteiger partial charge in [0.1, 0.15) is 5.75 Å². The molecule has 0 radical (unpaired) electrons. The maximum Gasteiger partial charge on any atom is 0.273 e. The Labute approximate surface area is 111 Å². The smallest absolute Gasteiger partial charge is 0.273 e. The quantitative estimate of drug-likeness (QED) is 0.925. The molecular weight excluding hydrogens is 307 g/mol. The fourth-order valence-corrected chi connectivity index (χ4v) is 1.71. The predicted molar refractivity (Wildman–Crippen MR) is 68.8 cm³/mol. The lowest BCUT2D eigenvalue weighted by molar-refractivity contribution is 0.457. The highest BCUT2D eigenvalue weighted by Crippen LogP contribution is 2.29. The predicted octanol–water partition coefficient (Wildman–Crippen LogP) is 3.29. The second-order valence-electron chi connectivity index (χ2n) is 3.36. The van der Waals surface area contributed by atoms with Crippen molar-refractivity contribution in [1.29, 1.82) is 0 Å². The van der Waals surface area contributed by atoms with Gasteiger partial charge < -0.3 is 9.72 Å². The van der Waals surface area contributed by atoms with Gasteiger partial charge in [0.2, 0.25) is 5.88 Å². The van der Waals surface area contributed by atoms with Crippen LogP contribution in [0.25, 0.3) is 0 Å². The zero-order valence-corrected chi connectivity index (χ0v) is 11.2. The van der Waals surface area contributed by atoms with Crippen molar-refractivity contribution in [2.24, 2.45) is 0 Å². The Morgan fingerprint density at radius 1 is 1.47 bits per heavy atom. The van der Waals surface area contributed by atoms with E-state index in [1.165, 1.54) is 6.33 Å². The van der Waals surface area contributed by atoms with Crippen LogP contribution in [0.4, 0.5) is 0 Å². The number of nitrogens with zero attached hydrogens (tertiary/aromatic N) is 1. The van der Waals surface area contributed by atoms with Crippen LogP contribution in [0.1, 0.15) is 5.56 Å². The van der Waals surface area contributed by atoms with Gasteiger partial charge in [-0.15, -0.1) is 0 Å². The van der Waals surface area contributed by atoms with Gasteiger partial charge >= 0.3 is 0 Å². The van der Waals surface area contributed by atoms with E-state index in [9.17, 15) is 4.79 Å². The molecule has 2 aromatic rings. The van der Waals surface area contributed by atoms with Crippen LogP contribution < -0.4 is 10.3 Å². The molecule has 1 aromatic heterocycles. The summed E-state index contributed by atoms with van der Waals surface area (Å²) in [5.74, 6) is 0.691. The van der Waals surface area contributed by atoms with Gasteiger partial charge in [-0.3, -0.25) is 4.79 Å². The number of aryl methyl sites for hydroxylation is 1. The third-order valence-corrected chi connectivity index (χ3v) is 2.95. The first kappa shape index (κ1) is 12.1. The highest BCUT2D eigenvalue weighted by Gasteiger charge is 2.10. The Morgan fingerprint density at radius 3 is 3.00 bits per heavy atom. The minimum atomic E-state index is -0.427. The van der Waals surface area contributed by atoms with Gasteiger partial charge in [0, 0.05) is 4.47 Å². The summed E-state index contributed by atoms with van der Waals surface area (Å²) >= 11 is 9.13. The van der Waals surface area contributed by atoms with Crippen LogP contribution in [0.5, 0.6) is 11.6 Å². The van der Waals surface area contributed by atoms with Gasteiger partial charge in [-0.25, -0.2) is 4.98 Å². The average Bonchev–Trinajstić information content (AvgIpc) is 2.30. The lowest BCUT2D eigenvalue weighted by atomic mass is 10.2. The lowest BCUT2D eigenvalue weighted by Crippen LogP contribution is -2.08. The standard InChI is InChI=1S/C11H8BrClN2O2/c1-6-2-3-7(12)4-8(6)17-11-9(13)10(16)14-5-15-11/h2-5H,1H3,(H,14,15,16). The van der Waals surface area contributed by atoms with E-state index in [-0.39, 0.29) is 10.9 Å². The summed E-state index contributed by atoms with van der Waals surface area (Å²) in [5.41, 5.74) is 0.496. The second-order valence-corrected chi connectivity index (χ2v) is 4.66. The van der Waals surface area contributed by atoms with Crippen molar-refractivity contribution in [2.75, 3.05) is 0 Å². The third-order valence-electron chi connectivity index (χ3n) is 2.12. The summed E-state index contributed by atoms with van der Waals surface area (Å²) in [5, 5.41) is -0.0631. The molecule has 0 spiro atoms. The van der Waals surface area contributed by atoms with E-state index in [0.29, 0.717) is 5.75 Å².